The van der Waals surface area contributed by atoms with Crippen LogP contribution in [0.5, 0.6) is 0 Å². The zero-order valence-corrected chi connectivity index (χ0v) is 13.8. The van der Waals surface area contributed by atoms with Crippen molar-refractivity contribution in [1.29, 1.82) is 0 Å². The van der Waals surface area contributed by atoms with Gasteiger partial charge in [-0.3, -0.25) is 4.79 Å². The number of amides is 2. The highest BCUT2D eigenvalue weighted by molar-refractivity contribution is 6.33. The summed E-state index contributed by atoms with van der Waals surface area (Å²) in [6.45, 7) is 0. The Bertz CT molecular complexity index is 931. The second kappa shape index (κ2) is 5.73. The Morgan fingerprint density at radius 3 is 3.00 bits per heavy atom. The Hall–Kier alpha value is -2.61. The van der Waals surface area contributed by atoms with Crippen LogP contribution in [0, 0.1) is 5.82 Å². The van der Waals surface area contributed by atoms with Gasteiger partial charge >= 0.3 is 6.03 Å². The Morgan fingerprint density at radius 2 is 2.20 bits per heavy atom. The van der Waals surface area contributed by atoms with Gasteiger partial charge in [0.15, 0.2) is 0 Å². The maximum absolute atomic E-state index is 14.0. The summed E-state index contributed by atoms with van der Waals surface area (Å²) in [7, 11) is 0. The largest absolute Gasteiger partial charge is 0.397 e. The molecule has 7 nitrogen and oxygen atoms in total. The molecule has 25 heavy (non-hydrogen) atoms. The molecule has 1 aromatic carbocycles. The second-order valence-electron chi connectivity index (χ2n) is 6.28. The maximum atomic E-state index is 14.0. The highest BCUT2D eigenvalue weighted by atomic mass is 35.5. The van der Waals surface area contributed by atoms with E-state index in [0.29, 0.717) is 12.1 Å². The fourth-order valence-electron chi connectivity index (χ4n) is 3.65. The van der Waals surface area contributed by atoms with Crippen molar-refractivity contribution in [2.75, 3.05) is 11.1 Å². The number of nitrogen functional groups attached to an aromatic ring is 1. The molecule has 1 aromatic heterocycles. The van der Waals surface area contributed by atoms with Crippen molar-refractivity contribution < 1.29 is 9.18 Å². The van der Waals surface area contributed by atoms with E-state index in [-0.39, 0.29) is 34.0 Å². The molecule has 2 atom stereocenters. The average Bonchev–Trinajstić information content (AvgIpc) is 2.88. The van der Waals surface area contributed by atoms with Gasteiger partial charge in [-0.2, -0.15) is 5.10 Å². The van der Waals surface area contributed by atoms with Crippen LogP contribution < -0.4 is 16.6 Å². The molecule has 0 radical (unpaired) electrons. The molecule has 4 N–H and O–H groups in total. The zero-order valence-electron chi connectivity index (χ0n) is 13.1. The zero-order chi connectivity index (χ0) is 17.7. The topological polar surface area (TPSA) is 104 Å². The molecule has 130 valence electrons. The summed E-state index contributed by atoms with van der Waals surface area (Å²) in [5.74, 6) is -0.650. The fraction of sp³-hybridized carbons (Fsp3) is 0.312. The normalized spacial score (nSPS) is 21.1. The van der Waals surface area contributed by atoms with E-state index in [2.05, 4.69) is 15.5 Å². The number of anilines is 2. The number of nitrogens with one attached hydrogen (secondary N) is 2. The molecule has 9 heteroatoms. The molecule has 0 saturated carbocycles. The monoisotopic (exact) mass is 363 g/mol. The number of nitrogens with two attached hydrogens (primary N) is 1. The smallest absolute Gasteiger partial charge is 0.322 e. The standard InChI is InChI=1S/C16H15ClFN5O2/c17-9-5-12(10(18)6-11(9)19)20-16(25)23-8-1-2-13(23)15-7(3-8)4-14(24)21-22-15/h4-6,8,13H,1-3,19H2,(H,20,25)(H,21,24). The van der Waals surface area contributed by atoms with Crippen LogP contribution in [0.25, 0.3) is 0 Å². The predicted molar refractivity (Wildman–Crippen MR) is 91.0 cm³/mol. The van der Waals surface area contributed by atoms with Crippen LogP contribution in [0.15, 0.2) is 23.0 Å². The van der Waals surface area contributed by atoms with E-state index in [0.717, 1.165) is 24.5 Å². The van der Waals surface area contributed by atoms with Crippen molar-refractivity contribution in [3.63, 3.8) is 0 Å². The van der Waals surface area contributed by atoms with Crippen LogP contribution in [0.1, 0.15) is 30.1 Å². The lowest BCUT2D eigenvalue weighted by molar-refractivity contribution is 0.177. The van der Waals surface area contributed by atoms with Gasteiger partial charge in [0.25, 0.3) is 5.56 Å². The quantitative estimate of drug-likeness (QED) is 0.677. The molecule has 2 aliphatic rings. The van der Waals surface area contributed by atoms with Gasteiger partial charge in [0.2, 0.25) is 0 Å². The first-order valence-electron chi connectivity index (χ1n) is 7.86. The predicted octanol–water partition coefficient (Wildman–Crippen LogP) is 2.44. The van der Waals surface area contributed by atoms with Crippen molar-refractivity contribution in [1.82, 2.24) is 15.1 Å². The molecule has 3 heterocycles. The summed E-state index contributed by atoms with van der Waals surface area (Å²) < 4.78 is 14.0. The third-order valence-electron chi connectivity index (χ3n) is 4.76. The van der Waals surface area contributed by atoms with Crippen molar-refractivity contribution in [2.45, 2.75) is 31.3 Å². The highest BCUT2D eigenvalue weighted by Crippen LogP contribution is 2.42. The lowest BCUT2D eigenvalue weighted by Gasteiger charge is -2.35. The molecule has 0 aliphatic carbocycles. The first kappa shape index (κ1) is 15.9. The summed E-state index contributed by atoms with van der Waals surface area (Å²) in [6.07, 6.45) is 2.10. The molecule has 2 aliphatic heterocycles. The molecule has 2 aromatic rings. The van der Waals surface area contributed by atoms with Crippen LogP contribution in [0.2, 0.25) is 5.02 Å². The Labute approximate surface area is 147 Å². The molecular formula is C16H15ClFN5O2. The van der Waals surface area contributed by atoms with E-state index in [1.807, 2.05) is 0 Å². The number of H-pyrrole nitrogens is 1. The van der Waals surface area contributed by atoms with E-state index in [1.54, 1.807) is 4.90 Å². The molecule has 2 unspecified atom stereocenters. The number of halogens is 2. The number of aromatic amines is 1. The van der Waals surface area contributed by atoms with E-state index in [1.165, 1.54) is 12.1 Å². The average molecular weight is 364 g/mol. The molecule has 1 saturated heterocycles. The second-order valence-corrected chi connectivity index (χ2v) is 6.69. The summed E-state index contributed by atoms with van der Waals surface area (Å²) in [6, 6.07) is 3.18. The van der Waals surface area contributed by atoms with Crippen molar-refractivity contribution >= 4 is 29.0 Å². The number of urea groups is 1. The van der Waals surface area contributed by atoms with Gasteiger partial charge in [-0.05, 0) is 30.9 Å². The molecule has 2 amide bonds. The Morgan fingerprint density at radius 1 is 1.40 bits per heavy atom. The van der Waals surface area contributed by atoms with Crippen LogP contribution in [-0.4, -0.2) is 27.2 Å². The van der Waals surface area contributed by atoms with Crippen LogP contribution >= 0.6 is 11.6 Å². The number of hydrogen-bond acceptors (Lipinski definition) is 4. The van der Waals surface area contributed by atoms with Gasteiger partial charge in [-0.1, -0.05) is 11.6 Å². The van der Waals surface area contributed by atoms with Gasteiger partial charge in [0, 0.05) is 18.2 Å². The van der Waals surface area contributed by atoms with Crippen molar-refractivity contribution in [3.05, 3.63) is 50.7 Å². The third-order valence-corrected chi connectivity index (χ3v) is 5.08. The molecular weight excluding hydrogens is 349 g/mol. The lowest BCUT2D eigenvalue weighted by atomic mass is 9.99. The first-order valence-corrected chi connectivity index (χ1v) is 8.24. The first-order chi connectivity index (χ1) is 11.9. The number of hydrogen-bond donors (Lipinski definition) is 3. The van der Waals surface area contributed by atoms with Gasteiger partial charge in [-0.15, -0.1) is 0 Å². The Balaban J connectivity index is 1.63. The fourth-order valence-corrected chi connectivity index (χ4v) is 3.82. The van der Waals surface area contributed by atoms with Crippen molar-refractivity contribution in [2.24, 2.45) is 0 Å². The SMILES string of the molecule is Nc1cc(F)c(NC(=O)N2C3CCC2c2n[nH]c(=O)cc2C3)cc1Cl. The van der Waals surface area contributed by atoms with Gasteiger partial charge in [0.05, 0.1) is 28.1 Å². The number of carbonyl (C=O) groups excluding carboxylic acids is 1. The number of aromatic nitrogens is 2. The number of fused-ring (bicyclic) bond motifs is 4. The minimum absolute atomic E-state index is 0.0242. The van der Waals surface area contributed by atoms with Crippen LogP contribution in [0.3, 0.4) is 0 Å². The number of carbonyl (C=O) groups is 1. The van der Waals surface area contributed by atoms with Gasteiger partial charge < -0.3 is 16.0 Å². The Kier molecular flexibility index (Phi) is 3.64. The van der Waals surface area contributed by atoms with Gasteiger partial charge in [0.1, 0.15) is 5.82 Å². The molecule has 4 rings (SSSR count). The van der Waals surface area contributed by atoms with E-state index < -0.39 is 11.8 Å². The molecule has 2 bridgehead atoms. The minimum atomic E-state index is -0.650. The van der Waals surface area contributed by atoms with E-state index in [9.17, 15) is 14.0 Å². The highest BCUT2D eigenvalue weighted by Gasteiger charge is 2.43. The number of rotatable bonds is 1. The molecule has 0 spiro atoms. The van der Waals surface area contributed by atoms with Crippen molar-refractivity contribution in [3.8, 4) is 0 Å². The summed E-state index contributed by atoms with van der Waals surface area (Å²) in [5.41, 5.74) is 6.94. The van der Waals surface area contributed by atoms with Gasteiger partial charge in [-0.25, -0.2) is 14.3 Å². The van der Waals surface area contributed by atoms with Crippen LogP contribution in [-0.2, 0) is 6.42 Å². The van der Waals surface area contributed by atoms with E-state index in [4.69, 9.17) is 17.3 Å². The summed E-state index contributed by atoms with van der Waals surface area (Å²) >= 11 is 5.91. The third kappa shape index (κ3) is 2.62. The molecule has 1 fully saturated rings. The van der Waals surface area contributed by atoms with Crippen LogP contribution in [0.4, 0.5) is 20.6 Å². The maximum Gasteiger partial charge on any atom is 0.322 e. The number of nitrogens with zero attached hydrogens (tertiary/aromatic N) is 2. The number of benzene rings is 1. The summed E-state index contributed by atoms with van der Waals surface area (Å²) in [4.78, 5) is 25.8. The lowest BCUT2D eigenvalue weighted by Crippen LogP contribution is -2.45. The minimum Gasteiger partial charge on any atom is -0.397 e. The van der Waals surface area contributed by atoms with E-state index >= 15 is 0 Å². The summed E-state index contributed by atoms with van der Waals surface area (Å²) in [5, 5.41) is 9.26.